The molecular weight excluding hydrogens is 358 g/mol. The van der Waals surface area contributed by atoms with Crippen molar-refractivity contribution in [1.82, 2.24) is 0 Å². The van der Waals surface area contributed by atoms with Gasteiger partial charge in [-0.1, -0.05) is 48.2 Å². The Balaban J connectivity index is 1.86. The molecule has 0 N–H and O–H groups in total. The molecule has 0 bridgehead atoms. The van der Waals surface area contributed by atoms with E-state index in [-0.39, 0.29) is 12.7 Å². The Morgan fingerprint density at radius 2 is 1.59 bits per heavy atom. The summed E-state index contributed by atoms with van der Waals surface area (Å²) in [6.07, 6.45) is 0. The summed E-state index contributed by atoms with van der Waals surface area (Å²) in [7, 11) is 0. The molecule has 1 heterocycles. The molecule has 0 saturated carbocycles. The predicted octanol–water partition coefficient (Wildman–Crippen LogP) is 5.56. The van der Waals surface area contributed by atoms with Crippen LogP contribution in [0.25, 0.3) is 0 Å². The van der Waals surface area contributed by atoms with Gasteiger partial charge in [-0.15, -0.1) is 0 Å². The minimum absolute atomic E-state index is 0.0573. The quantitative estimate of drug-likeness (QED) is 0.597. The highest BCUT2D eigenvalue weighted by molar-refractivity contribution is 7.99. The van der Waals surface area contributed by atoms with E-state index < -0.39 is 0 Å². The van der Waals surface area contributed by atoms with E-state index in [1.54, 1.807) is 23.6 Å². The summed E-state index contributed by atoms with van der Waals surface area (Å²) in [4.78, 5) is 16.4. The predicted molar refractivity (Wildman–Crippen MR) is 107 cm³/mol. The van der Waals surface area contributed by atoms with Crippen molar-refractivity contribution in [2.24, 2.45) is 0 Å². The number of rotatable bonds is 4. The maximum absolute atomic E-state index is 12.6. The highest BCUT2D eigenvalue weighted by Crippen LogP contribution is 2.46. The number of nitrogens with zero attached hydrogens (tertiary/aromatic N) is 1. The van der Waals surface area contributed by atoms with Crippen molar-refractivity contribution in [2.75, 3.05) is 11.7 Å². The van der Waals surface area contributed by atoms with Gasteiger partial charge in [-0.3, -0.25) is 9.69 Å². The van der Waals surface area contributed by atoms with Gasteiger partial charge < -0.3 is 9.47 Å². The molecule has 0 fully saturated rings. The van der Waals surface area contributed by atoms with E-state index in [4.69, 9.17) is 9.47 Å². The average molecular weight is 377 g/mol. The van der Waals surface area contributed by atoms with E-state index >= 15 is 0 Å². The van der Waals surface area contributed by atoms with Gasteiger partial charge in [-0.05, 0) is 30.7 Å². The number of carbonyl (C=O) groups is 1. The molecule has 27 heavy (non-hydrogen) atoms. The van der Waals surface area contributed by atoms with Gasteiger partial charge in [0.25, 0.3) is 0 Å². The van der Waals surface area contributed by atoms with Crippen LogP contribution in [0.3, 0.4) is 0 Å². The molecule has 4 rings (SSSR count). The molecule has 0 aliphatic carbocycles. The summed E-state index contributed by atoms with van der Waals surface area (Å²) in [6, 6.07) is 21.8. The molecule has 0 unspecified atom stereocenters. The number of carbonyl (C=O) groups excluding carboxylic acids is 1. The fourth-order valence-electron chi connectivity index (χ4n) is 3.07. The molecule has 0 spiro atoms. The lowest BCUT2D eigenvalue weighted by molar-refractivity contribution is -0.115. The van der Waals surface area contributed by atoms with E-state index in [2.05, 4.69) is 0 Å². The topological polar surface area (TPSA) is 38.8 Å². The molecule has 0 radical (unpaired) electrons. The Kier molecular flexibility index (Phi) is 4.77. The van der Waals surface area contributed by atoms with Crippen molar-refractivity contribution in [3.8, 4) is 11.5 Å². The fourth-order valence-corrected chi connectivity index (χ4v) is 4.04. The lowest BCUT2D eigenvalue weighted by Crippen LogP contribution is -2.24. The van der Waals surface area contributed by atoms with Crippen molar-refractivity contribution < 1.29 is 14.3 Å². The van der Waals surface area contributed by atoms with Gasteiger partial charge in [-0.2, -0.15) is 0 Å². The second kappa shape index (κ2) is 7.37. The number of ether oxygens (including phenoxy) is 2. The third-order valence-electron chi connectivity index (χ3n) is 4.34. The zero-order valence-corrected chi connectivity index (χ0v) is 16.0. The first-order valence-electron chi connectivity index (χ1n) is 8.66. The van der Waals surface area contributed by atoms with Crippen molar-refractivity contribution in [2.45, 2.75) is 23.6 Å². The van der Waals surface area contributed by atoms with Gasteiger partial charge in [0.2, 0.25) is 12.7 Å². The van der Waals surface area contributed by atoms with Gasteiger partial charge in [-0.25, -0.2) is 0 Å². The molecule has 0 aromatic heterocycles. The Bertz CT molecular complexity index is 988. The Labute approximate surface area is 162 Å². The highest BCUT2D eigenvalue weighted by atomic mass is 32.2. The number of aryl methyl sites for hydroxylation is 1. The molecule has 3 aromatic rings. The monoisotopic (exact) mass is 377 g/mol. The molecule has 1 amide bonds. The molecule has 1 aliphatic heterocycles. The summed E-state index contributed by atoms with van der Waals surface area (Å²) >= 11 is 1.60. The van der Waals surface area contributed by atoms with Crippen molar-refractivity contribution >= 4 is 29.0 Å². The van der Waals surface area contributed by atoms with Gasteiger partial charge in [0.05, 0.1) is 11.4 Å². The molecule has 4 nitrogen and oxygen atoms in total. The van der Waals surface area contributed by atoms with Gasteiger partial charge in [0.1, 0.15) is 0 Å². The molecule has 136 valence electrons. The third-order valence-corrected chi connectivity index (χ3v) is 5.39. The summed E-state index contributed by atoms with van der Waals surface area (Å²) < 4.78 is 11.1. The van der Waals surface area contributed by atoms with E-state index in [1.165, 1.54) is 0 Å². The van der Waals surface area contributed by atoms with E-state index in [9.17, 15) is 4.79 Å². The third kappa shape index (κ3) is 3.51. The van der Waals surface area contributed by atoms with Crippen LogP contribution in [-0.2, 0) is 4.79 Å². The van der Waals surface area contributed by atoms with Crippen molar-refractivity contribution in [1.29, 1.82) is 0 Å². The Hall–Kier alpha value is -2.92. The molecule has 3 aromatic carbocycles. The fraction of sp³-hybridized carbons (Fsp3) is 0.136. The average Bonchev–Trinajstić information content (AvgIpc) is 3.11. The van der Waals surface area contributed by atoms with E-state index in [0.717, 1.165) is 26.7 Å². The van der Waals surface area contributed by atoms with Crippen LogP contribution in [0.4, 0.5) is 11.4 Å². The van der Waals surface area contributed by atoms with Crippen LogP contribution in [0.1, 0.15) is 12.5 Å². The summed E-state index contributed by atoms with van der Waals surface area (Å²) in [5.74, 6) is 1.30. The van der Waals surface area contributed by atoms with Crippen molar-refractivity contribution in [3.05, 3.63) is 72.3 Å². The SMILES string of the molecule is CC(=O)N(c1ccccc1C)c1cc2c(cc1Sc1ccccc1)OCO2. The van der Waals surface area contributed by atoms with Crippen LogP contribution in [0.5, 0.6) is 11.5 Å². The second-order valence-electron chi connectivity index (χ2n) is 6.23. The number of fused-ring (bicyclic) bond motifs is 1. The number of hydrogen-bond donors (Lipinski definition) is 0. The number of benzene rings is 3. The van der Waals surface area contributed by atoms with Crippen molar-refractivity contribution in [3.63, 3.8) is 0 Å². The minimum atomic E-state index is -0.0573. The lowest BCUT2D eigenvalue weighted by Gasteiger charge is -2.25. The molecule has 5 heteroatoms. The van der Waals surface area contributed by atoms with Crippen LogP contribution >= 0.6 is 11.8 Å². The van der Waals surface area contributed by atoms with Crippen LogP contribution in [0.2, 0.25) is 0 Å². The first-order chi connectivity index (χ1) is 13.1. The van der Waals surface area contributed by atoms with Gasteiger partial charge in [0.15, 0.2) is 11.5 Å². The number of hydrogen-bond acceptors (Lipinski definition) is 4. The number of para-hydroxylation sites is 1. The number of amides is 1. The van der Waals surface area contributed by atoms with Crippen LogP contribution in [0.15, 0.2) is 76.5 Å². The summed E-state index contributed by atoms with van der Waals surface area (Å²) in [6.45, 7) is 3.77. The van der Waals surface area contributed by atoms with Gasteiger partial charge in [0, 0.05) is 28.8 Å². The normalized spacial score (nSPS) is 12.1. The summed E-state index contributed by atoms with van der Waals surface area (Å²) in [5.41, 5.74) is 2.68. The molecular formula is C22H19NO3S. The largest absolute Gasteiger partial charge is 0.454 e. The zero-order valence-electron chi connectivity index (χ0n) is 15.1. The Morgan fingerprint density at radius 1 is 0.926 bits per heavy atom. The second-order valence-corrected chi connectivity index (χ2v) is 7.34. The van der Waals surface area contributed by atoms with Crippen LogP contribution < -0.4 is 14.4 Å². The van der Waals surface area contributed by atoms with Gasteiger partial charge >= 0.3 is 0 Å². The molecule has 0 atom stereocenters. The smallest absolute Gasteiger partial charge is 0.231 e. The van der Waals surface area contributed by atoms with E-state index in [1.807, 2.05) is 73.7 Å². The van der Waals surface area contributed by atoms with Crippen LogP contribution in [-0.4, -0.2) is 12.7 Å². The zero-order chi connectivity index (χ0) is 18.8. The first-order valence-corrected chi connectivity index (χ1v) is 9.48. The van der Waals surface area contributed by atoms with E-state index in [0.29, 0.717) is 11.5 Å². The molecule has 1 aliphatic rings. The maximum atomic E-state index is 12.6. The minimum Gasteiger partial charge on any atom is -0.454 e. The molecule has 0 saturated heterocycles. The standard InChI is InChI=1S/C22H19NO3S/c1-15-8-6-7-11-18(15)23(16(2)24)19-12-20-21(26-14-25-20)13-22(19)27-17-9-4-3-5-10-17/h3-13H,14H2,1-2H3. The van der Waals surface area contributed by atoms with Crippen LogP contribution in [0, 0.1) is 6.92 Å². The lowest BCUT2D eigenvalue weighted by atomic mass is 10.1. The highest BCUT2D eigenvalue weighted by Gasteiger charge is 2.25. The number of anilines is 2. The maximum Gasteiger partial charge on any atom is 0.231 e. The first kappa shape index (κ1) is 17.5. The Morgan fingerprint density at radius 3 is 2.30 bits per heavy atom. The summed E-state index contributed by atoms with van der Waals surface area (Å²) in [5, 5.41) is 0.